The van der Waals surface area contributed by atoms with Crippen molar-refractivity contribution < 1.29 is 14.3 Å². The summed E-state index contributed by atoms with van der Waals surface area (Å²) in [4.78, 5) is 16.6. The number of nitrogens with zero attached hydrogens (tertiary/aromatic N) is 2. The van der Waals surface area contributed by atoms with Gasteiger partial charge in [-0.2, -0.15) is 0 Å². The minimum atomic E-state index is -0.169. The van der Waals surface area contributed by atoms with Crippen LogP contribution in [0.3, 0.4) is 0 Å². The number of carbonyl (C=O) groups excluding carboxylic acids is 1. The smallest absolute Gasteiger partial charge is 0.322 e. The normalized spacial score (nSPS) is 17.0. The van der Waals surface area contributed by atoms with Gasteiger partial charge in [-0.1, -0.05) is 35.9 Å². The summed E-state index contributed by atoms with van der Waals surface area (Å²) in [6, 6.07) is 14.4. The van der Waals surface area contributed by atoms with Crippen LogP contribution in [0.15, 0.2) is 48.5 Å². The monoisotopic (exact) mass is 389 g/mol. The van der Waals surface area contributed by atoms with E-state index in [1.165, 1.54) is 0 Å². The Labute approximate surface area is 164 Å². The van der Waals surface area contributed by atoms with Crippen LogP contribution >= 0.6 is 11.6 Å². The number of benzene rings is 2. The van der Waals surface area contributed by atoms with Crippen molar-refractivity contribution in [2.24, 2.45) is 0 Å². The van der Waals surface area contributed by atoms with Crippen LogP contribution in [0.4, 0.5) is 10.5 Å². The second-order valence-corrected chi connectivity index (χ2v) is 7.07. The molecule has 0 bridgehead atoms. The van der Waals surface area contributed by atoms with Gasteiger partial charge in [0.2, 0.25) is 0 Å². The van der Waals surface area contributed by atoms with Gasteiger partial charge < -0.3 is 24.6 Å². The number of para-hydroxylation sites is 3. The molecule has 0 aromatic heterocycles. The molecule has 144 valence electrons. The Hall–Kier alpha value is -2.28. The zero-order chi connectivity index (χ0) is 19.2. The first-order chi connectivity index (χ1) is 13.0. The van der Waals surface area contributed by atoms with Crippen LogP contribution in [-0.4, -0.2) is 62.3 Å². The van der Waals surface area contributed by atoms with Gasteiger partial charge in [0.15, 0.2) is 5.75 Å². The molecular formula is C20H24ClN3O3. The minimum absolute atomic E-state index is 0.00844. The number of morpholine rings is 1. The summed E-state index contributed by atoms with van der Waals surface area (Å²) < 4.78 is 11.6. The number of amides is 2. The average molecular weight is 390 g/mol. The number of rotatable bonds is 5. The maximum absolute atomic E-state index is 12.7. The van der Waals surface area contributed by atoms with Crippen LogP contribution in [0, 0.1) is 0 Å². The quantitative estimate of drug-likeness (QED) is 0.841. The van der Waals surface area contributed by atoms with E-state index in [9.17, 15) is 4.79 Å². The van der Waals surface area contributed by atoms with E-state index >= 15 is 0 Å². The Kier molecular flexibility index (Phi) is 6.55. The molecule has 2 aromatic carbocycles. The lowest BCUT2D eigenvalue weighted by Crippen LogP contribution is -2.50. The van der Waals surface area contributed by atoms with E-state index in [0.29, 0.717) is 41.9 Å². The lowest BCUT2D eigenvalue weighted by Gasteiger charge is -2.34. The number of hydrogen-bond donors (Lipinski definition) is 1. The summed E-state index contributed by atoms with van der Waals surface area (Å²) in [6.07, 6.45) is 0.00844. The second-order valence-electron chi connectivity index (χ2n) is 6.66. The zero-order valence-corrected chi connectivity index (χ0v) is 16.3. The fourth-order valence-electron chi connectivity index (χ4n) is 2.92. The minimum Gasteiger partial charge on any atom is -0.454 e. The van der Waals surface area contributed by atoms with E-state index in [4.69, 9.17) is 21.1 Å². The first-order valence-corrected chi connectivity index (χ1v) is 9.24. The molecule has 0 aliphatic carbocycles. The van der Waals surface area contributed by atoms with Gasteiger partial charge in [-0.05, 0) is 38.4 Å². The molecule has 1 fully saturated rings. The van der Waals surface area contributed by atoms with Gasteiger partial charge in [-0.15, -0.1) is 0 Å². The zero-order valence-electron chi connectivity index (χ0n) is 15.5. The molecule has 2 aromatic rings. The number of nitrogens with one attached hydrogen (secondary N) is 1. The second kappa shape index (κ2) is 9.08. The Morgan fingerprint density at radius 3 is 2.67 bits per heavy atom. The number of likely N-dealkylation sites (N-methyl/N-ethyl adjacent to an activating group) is 1. The topological polar surface area (TPSA) is 54.0 Å². The van der Waals surface area contributed by atoms with Crippen molar-refractivity contribution in [2.45, 2.75) is 6.10 Å². The summed E-state index contributed by atoms with van der Waals surface area (Å²) in [5.41, 5.74) is 0.595. The summed E-state index contributed by atoms with van der Waals surface area (Å²) in [5.74, 6) is 1.08. The lowest BCUT2D eigenvalue weighted by molar-refractivity contribution is -0.0229. The number of ether oxygens (including phenoxy) is 2. The van der Waals surface area contributed by atoms with E-state index in [-0.39, 0.29) is 12.1 Å². The Balaban J connectivity index is 1.68. The highest BCUT2D eigenvalue weighted by Gasteiger charge is 2.25. The molecule has 1 unspecified atom stereocenters. The first kappa shape index (κ1) is 19.5. The summed E-state index contributed by atoms with van der Waals surface area (Å²) >= 11 is 6.17. The molecule has 1 heterocycles. The van der Waals surface area contributed by atoms with E-state index in [1.54, 1.807) is 23.1 Å². The highest BCUT2D eigenvalue weighted by molar-refractivity contribution is 6.32. The molecule has 1 aliphatic rings. The van der Waals surface area contributed by atoms with Crippen LogP contribution in [-0.2, 0) is 4.74 Å². The number of hydrogen-bond acceptors (Lipinski definition) is 4. The Bertz CT molecular complexity index is 785. The van der Waals surface area contributed by atoms with E-state index < -0.39 is 0 Å². The highest BCUT2D eigenvalue weighted by Crippen LogP contribution is 2.33. The maximum atomic E-state index is 12.7. The number of anilines is 1. The Morgan fingerprint density at radius 1 is 1.22 bits per heavy atom. The van der Waals surface area contributed by atoms with E-state index in [0.717, 1.165) is 6.54 Å². The molecule has 3 rings (SSSR count). The Morgan fingerprint density at radius 2 is 1.93 bits per heavy atom. The van der Waals surface area contributed by atoms with Gasteiger partial charge in [-0.25, -0.2) is 4.79 Å². The molecule has 2 amide bonds. The fourth-order valence-corrected chi connectivity index (χ4v) is 3.09. The van der Waals surface area contributed by atoms with Crippen molar-refractivity contribution in [1.29, 1.82) is 0 Å². The first-order valence-electron chi connectivity index (χ1n) is 8.86. The summed E-state index contributed by atoms with van der Waals surface area (Å²) in [5, 5.41) is 3.46. The van der Waals surface area contributed by atoms with Crippen molar-refractivity contribution in [3.05, 3.63) is 53.6 Å². The van der Waals surface area contributed by atoms with Crippen LogP contribution in [0.5, 0.6) is 11.5 Å². The molecule has 0 saturated carbocycles. The van der Waals surface area contributed by atoms with Gasteiger partial charge in [0, 0.05) is 19.6 Å². The molecule has 1 atom stereocenters. The molecule has 7 heteroatoms. The lowest BCUT2D eigenvalue weighted by atomic mass is 10.2. The molecule has 6 nitrogen and oxygen atoms in total. The van der Waals surface area contributed by atoms with Gasteiger partial charge in [0.25, 0.3) is 0 Å². The third-order valence-electron chi connectivity index (χ3n) is 4.18. The third kappa shape index (κ3) is 5.35. The number of carbonyl (C=O) groups is 1. The highest BCUT2D eigenvalue weighted by atomic mass is 35.5. The van der Waals surface area contributed by atoms with Crippen LogP contribution < -0.4 is 10.1 Å². The number of urea groups is 1. The molecule has 27 heavy (non-hydrogen) atoms. The standard InChI is InChI=1S/C20H24ClN3O3/c1-23(2)13-15-14-24(11-12-26-15)20(25)22-17-8-4-6-10-19(17)27-18-9-5-3-7-16(18)21/h3-10,15H,11-14H2,1-2H3,(H,22,25). The van der Waals surface area contributed by atoms with Gasteiger partial charge in [-0.3, -0.25) is 0 Å². The fraction of sp³-hybridized carbons (Fsp3) is 0.350. The van der Waals surface area contributed by atoms with Gasteiger partial charge in [0.1, 0.15) is 5.75 Å². The van der Waals surface area contributed by atoms with Crippen molar-refractivity contribution in [3.8, 4) is 11.5 Å². The van der Waals surface area contributed by atoms with Crippen LogP contribution in [0.25, 0.3) is 0 Å². The van der Waals surface area contributed by atoms with Crippen molar-refractivity contribution in [1.82, 2.24) is 9.80 Å². The van der Waals surface area contributed by atoms with Crippen LogP contribution in [0.2, 0.25) is 5.02 Å². The average Bonchev–Trinajstić information content (AvgIpc) is 2.65. The summed E-state index contributed by atoms with van der Waals surface area (Å²) in [6.45, 7) is 2.42. The van der Waals surface area contributed by atoms with Crippen molar-refractivity contribution in [3.63, 3.8) is 0 Å². The molecular weight excluding hydrogens is 366 g/mol. The number of halogens is 1. The van der Waals surface area contributed by atoms with E-state index in [2.05, 4.69) is 10.2 Å². The molecule has 1 N–H and O–H groups in total. The maximum Gasteiger partial charge on any atom is 0.322 e. The third-order valence-corrected chi connectivity index (χ3v) is 4.49. The predicted molar refractivity (Wildman–Crippen MR) is 107 cm³/mol. The van der Waals surface area contributed by atoms with Crippen LogP contribution in [0.1, 0.15) is 0 Å². The van der Waals surface area contributed by atoms with Crippen molar-refractivity contribution >= 4 is 23.3 Å². The van der Waals surface area contributed by atoms with Gasteiger partial charge in [0.05, 0.1) is 23.4 Å². The van der Waals surface area contributed by atoms with Crippen molar-refractivity contribution in [2.75, 3.05) is 45.7 Å². The molecule has 1 saturated heterocycles. The summed E-state index contributed by atoms with van der Waals surface area (Å²) in [7, 11) is 3.98. The molecule has 1 aliphatic heterocycles. The molecule has 0 spiro atoms. The van der Waals surface area contributed by atoms with Gasteiger partial charge >= 0.3 is 6.03 Å². The predicted octanol–water partition coefficient (Wildman–Crippen LogP) is 3.93. The largest absolute Gasteiger partial charge is 0.454 e. The SMILES string of the molecule is CN(C)CC1CN(C(=O)Nc2ccccc2Oc2ccccc2Cl)CCO1. The molecule has 0 radical (unpaired) electrons. The van der Waals surface area contributed by atoms with E-state index in [1.807, 2.05) is 44.4 Å².